The van der Waals surface area contributed by atoms with Crippen LogP contribution in [0.2, 0.25) is 0 Å². The number of rotatable bonds is 3. The van der Waals surface area contributed by atoms with E-state index in [0.717, 1.165) is 21.6 Å². The number of barbiturate groups is 1. The lowest BCUT2D eigenvalue weighted by Crippen LogP contribution is -2.54. The number of aryl methyl sites for hydroxylation is 1. The molecule has 1 N–H and O–H groups in total. The van der Waals surface area contributed by atoms with Crippen LogP contribution in [0.4, 0.5) is 10.5 Å². The van der Waals surface area contributed by atoms with Crippen LogP contribution in [0.15, 0.2) is 54.1 Å². The van der Waals surface area contributed by atoms with Crippen molar-refractivity contribution in [2.24, 2.45) is 0 Å². The third kappa shape index (κ3) is 3.28. The van der Waals surface area contributed by atoms with Gasteiger partial charge in [-0.2, -0.15) is 0 Å². The Morgan fingerprint density at radius 2 is 1.62 bits per heavy atom. The fourth-order valence-corrected chi connectivity index (χ4v) is 2.80. The monoisotopic (exact) mass is 348 g/mol. The number of urea groups is 1. The van der Waals surface area contributed by atoms with Crippen LogP contribution in [0, 0.1) is 6.92 Å². The van der Waals surface area contributed by atoms with E-state index in [1.807, 2.05) is 43.3 Å². The lowest BCUT2D eigenvalue weighted by Gasteiger charge is -2.26. The van der Waals surface area contributed by atoms with E-state index in [-0.39, 0.29) is 5.57 Å². The van der Waals surface area contributed by atoms with E-state index >= 15 is 0 Å². The Labute approximate surface area is 152 Å². The second-order valence-electron chi connectivity index (χ2n) is 6.56. The van der Waals surface area contributed by atoms with Gasteiger partial charge in [-0.25, -0.2) is 9.69 Å². The van der Waals surface area contributed by atoms with Crippen LogP contribution in [0.5, 0.6) is 0 Å². The van der Waals surface area contributed by atoms with Gasteiger partial charge in [-0.15, -0.1) is 0 Å². The molecule has 1 saturated heterocycles. The maximum atomic E-state index is 12.9. The van der Waals surface area contributed by atoms with E-state index < -0.39 is 17.8 Å². The molecule has 0 aliphatic carbocycles. The molecule has 0 atom stereocenters. The Hall–Kier alpha value is -3.21. The lowest BCUT2D eigenvalue weighted by atomic mass is 10.0. The molecule has 132 valence electrons. The van der Waals surface area contributed by atoms with Gasteiger partial charge in [0.1, 0.15) is 5.57 Å². The third-order valence-electron chi connectivity index (χ3n) is 4.41. The molecule has 0 aromatic heterocycles. The zero-order chi connectivity index (χ0) is 18.8. The molecule has 2 aromatic carbocycles. The molecule has 1 heterocycles. The normalized spacial score (nSPS) is 16.4. The zero-order valence-electron chi connectivity index (χ0n) is 14.9. The molecule has 1 fully saturated rings. The zero-order valence-corrected chi connectivity index (χ0v) is 14.9. The Morgan fingerprint density at radius 1 is 0.962 bits per heavy atom. The number of carbonyl (C=O) groups is 3. The van der Waals surface area contributed by atoms with Crippen LogP contribution >= 0.6 is 0 Å². The van der Waals surface area contributed by atoms with Gasteiger partial charge in [-0.1, -0.05) is 50.2 Å². The van der Waals surface area contributed by atoms with Crippen molar-refractivity contribution < 1.29 is 14.4 Å². The average molecular weight is 348 g/mol. The van der Waals surface area contributed by atoms with Crippen molar-refractivity contribution in [3.8, 4) is 0 Å². The molecular formula is C21H20N2O3. The summed E-state index contributed by atoms with van der Waals surface area (Å²) < 4.78 is 0. The number of nitrogens with zero attached hydrogens (tertiary/aromatic N) is 1. The van der Waals surface area contributed by atoms with Gasteiger partial charge >= 0.3 is 6.03 Å². The third-order valence-corrected chi connectivity index (χ3v) is 4.41. The second kappa shape index (κ2) is 6.96. The van der Waals surface area contributed by atoms with Crippen molar-refractivity contribution in [3.05, 3.63) is 70.8 Å². The Morgan fingerprint density at radius 3 is 2.23 bits per heavy atom. The Balaban J connectivity index is 1.99. The van der Waals surface area contributed by atoms with Gasteiger partial charge < -0.3 is 0 Å². The summed E-state index contributed by atoms with van der Waals surface area (Å²) in [5.74, 6) is -0.967. The van der Waals surface area contributed by atoms with E-state index in [9.17, 15) is 14.4 Å². The summed E-state index contributed by atoms with van der Waals surface area (Å²) in [5.41, 5.74) is 3.16. The molecule has 26 heavy (non-hydrogen) atoms. The second-order valence-corrected chi connectivity index (χ2v) is 6.56. The smallest absolute Gasteiger partial charge is 0.273 e. The molecule has 0 bridgehead atoms. The summed E-state index contributed by atoms with van der Waals surface area (Å²) in [4.78, 5) is 38.3. The lowest BCUT2D eigenvalue weighted by molar-refractivity contribution is -0.122. The number of benzene rings is 2. The number of amides is 4. The highest BCUT2D eigenvalue weighted by Gasteiger charge is 2.36. The van der Waals surface area contributed by atoms with Crippen LogP contribution in [0.3, 0.4) is 0 Å². The highest BCUT2D eigenvalue weighted by atomic mass is 16.2. The van der Waals surface area contributed by atoms with Gasteiger partial charge in [0.15, 0.2) is 0 Å². The van der Waals surface area contributed by atoms with Gasteiger partial charge in [0.25, 0.3) is 11.8 Å². The van der Waals surface area contributed by atoms with Crippen molar-refractivity contribution in [1.82, 2.24) is 5.32 Å². The summed E-state index contributed by atoms with van der Waals surface area (Å²) in [5, 5.41) is 2.24. The summed E-state index contributed by atoms with van der Waals surface area (Å²) in [7, 11) is 0. The van der Waals surface area contributed by atoms with Gasteiger partial charge in [0, 0.05) is 0 Å². The maximum Gasteiger partial charge on any atom is 0.335 e. The van der Waals surface area contributed by atoms with Crippen molar-refractivity contribution in [2.75, 3.05) is 4.90 Å². The van der Waals surface area contributed by atoms with Crippen molar-refractivity contribution >= 4 is 29.6 Å². The van der Waals surface area contributed by atoms with E-state index in [2.05, 4.69) is 19.2 Å². The highest BCUT2D eigenvalue weighted by Crippen LogP contribution is 2.24. The van der Waals surface area contributed by atoms with Crippen molar-refractivity contribution in [3.63, 3.8) is 0 Å². The fraction of sp³-hybridized carbons (Fsp3) is 0.190. The van der Waals surface area contributed by atoms with E-state index in [1.54, 1.807) is 12.1 Å². The van der Waals surface area contributed by atoms with Gasteiger partial charge in [-0.05, 0) is 47.7 Å². The molecular weight excluding hydrogens is 328 g/mol. The first-order valence-corrected chi connectivity index (χ1v) is 8.45. The minimum Gasteiger partial charge on any atom is -0.273 e. The average Bonchev–Trinajstić information content (AvgIpc) is 2.60. The van der Waals surface area contributed by atoms with Crippen LogP contribution in [-0.2, 0) is 9.59 Å². The number of hydrogen-bond donors (Lipinski definition) is 1. The summed E-state index contributed by atoms with van der Waals surface area (Å²) in [6.45, 7) is 6.02. The van der Waals surface area contributed by atoms with Gasteiger partial charge in [0.2, 0.25) is 0 Å². The predicted octanol–water partition coefficient (Wildman–Crippen LogP) is 3.78. The number of imide groups is 2. The number of carbonyl (C=O) groups excluding carboxylic acids is 3. The SMILES string of the molecule is Cc1ccccc1C=C1C(=O)NC(=O)N(c2ccc(C(C)C)cc2)C1=O. The van der Waals surface area contributed by atoms with Crippen molar-refractivity contribution in [1.29, 1.82) is 0 Å². The Kier molecular flexibility index (Phi) is 4.71. The summed E-state index contributed by atoms with van der Waals surface area (Å²) in [6.07, 6.45) is 1.52. The summed E-state index contributed by atoms with van der Waals surface area (Å²) >= 11 is 0. The standard InChI is InChI=1S/C21H20N2O3/c1-13(2)15-8-10-17(11-9-15)23-20(25)18(19(24)22-21(23)26)12-16-7-5-4-6-14(16)3/h4-13H,1-3H3,(H,22,24,26). The first-order chi connectivity index (χ1) is 12.4. The molecule has 0 spiro atoms. The minimum atomic E-state index is -0.737. The van der Waals surface area contributed by atoms with Crippen molar-refractivity contribution in [2.45, 2.75) is 26.7 Å². The molecule has 1 aliphatic rings. The first kappa shape index (κ1) is 17.6. The molecule has 0 saturated carbocycles. The van der Waals surface area contributed by atoms with Gasteiger partial charge in [-0.3, -0.25) is 14.9 Å². The molecule has 3 rings (SSSR count). The molecule has 0 unspecified atom stereocenters. The number of nitrogens with one attached hydrogen (secondary N) is 1. The molecule has 5 heteroatoms. The van der Waals surface area contributed by atoms with Crippen LogP contribution in [0.25, 0.3) is 6.08 Å². The van der Waals surface area contributed by atoms with Crippen LogP contribution in [0.1, 0.15) is 36.5 Å². The first-order valence-electron chi connectivity index (χ1n) is 8.45. The van der Waals surface area contributed by atoms with Crippen LogP contribution < -0.4 is 10.2 Å². The molecule has 4 amide bonds. The summed E-state index contributed by atoms with van der Waals surface area (Å²) in [6, 6.07) is 13.9. The quantitative estimate of drug-likeness (QED) is 0.678. The number of hydrogen-bond acceptors (Lipinski definition) is 3. The molecule has 5 nitrogen and oxygen atoms in total. The molecule has 1 aliphatic heterocycles. The largest absolute Gasteiger partial charge is 0.335 e. The minimum absolute atomic E-state index is 0.0631. The molecule has 2 aromatic rings. The topological polar surface area (TPSA) is 66.5 Å². The Bertz CT molecular complexity index is 911. The van der Waals surface area contributed by atoms with E-state index in [4.69, 9.17) is 0 Å². The van der Waals surface area contributed by atoms with E-state index in [1.165, 1.54) is 6.08 Å². The van der Waals surface area contributed by atoms with E-state index in [0.29, 0.717) is 11.6 Å². The maximum absolute atomic E-state index is 12.9. The highest BCUT2D eigenvalue weighted by molar-refractivity contribution is 6.39. The molecule has 0 radical (unpaired) electrons. The number of anilines is 1. The van der Waals surface area contributed by atoms with Gasteiger partial charge in [0.05, 0.1) is 5.69 Å². The van der Waals surface area contributed by atoms with Crippen LogP contribution in [-0.4, -0.2) is 17.8 Å². The predicted molar refractivity (Wildman–Crippen MR) is 101 cm³/mol. The fourth-order valence-electron chi connectivity index (χ4n) is 2.80.